The van der Waals surface area contributed by atoms with Crippen LogP contribution in [0.1, 0.15) is 45.1 Å². The molecule has 10 heteroatoms. The Kier molecular flexibility index (Phi) is 5.10. The molecule has 178 valence electrons. The van der Waals surface area contributed by atoms with Gasteiger partial charge in [0.2, 0.25) is 0 Å². The number of rotatable bonds is 6. The predicted molar refractivity (Wildman–Crippen MR) is 119 cm³/mol. The normalized spacial score (nSPS) is 15.4. The fourth-order valence-electron chi connectivity index (χ4n) is 4.74. The number of hydrogen-bond donors (Lipinski definition) is 5. The summed E-state index contributed by atoms with van der Waals surface area (Å²) in [5, 5.41) is 41.2. The number of fused-ring (bicyclic) bond motifs is 6. The van der Waals surface area contributed by atoms with Crippen LogP contribution < -0.4 is 10.1 Å². The minimum Gasteiger partial charge on any atom is -0.508 e. The third-order valence-electron chi connectivity index (χ3n) is 6.09. The van der Waals surface area contributed by atoms with E-state index in [0.29, 0.717) is 16.7 Å². The number of ether oxygens (including phenoxy) is 2. The van der Waals surface area contributed by atoms with Crippen molar-refractivity contribution >= 4 is 17.9 Å². The van der Waals surface area contributed by atoms with Crippen LogP contribution in [-0.4, -0.2) is 44.9 Å². The van der Waals surface area contributed by atoms with Crippen molar-refractivity contribution in [2.24, 2.45) is 0 Å². The lowest BCUT2D eigenvalue weighted by atomic mass is 9.76. The fraction of sp³-hybridized carbons (Fsp3) is 0.160. The number of aromatic hydroxyl groups is 2. The van der Waals surface area contributed by atoms with Crippen molar-refractivity contribution in [3.05, 3.63) is 82.4 Å². The van der Waals surface area contributed by atoms with Crippen LogP contribution in [0, 0.1) is 0 Å². The van der Waals surface area contributed by atoms with E-state index >= 15 is 0 Å². The summed E-state index contributed by atoms with van der Waals surface area (Å²) in [5.74, 6) is -2.85. The maximum Gasteiger partial charge on any atom is 0.340 e. The Bertz CT molecular complexity index is 1350. The van der Waals surface area contributed by atoms with E-state index in [0.717, 1.165) is 0 Å². The zero-order valence-corrected chi connectivity index (χ0v) is 18.0. The summed E-state index contributed by atoms with van der Waals surface area (Å²) < 4.78 is 11.9. The van der Waals surface area contributed by atoms with Crippen LogP contribution in [0.5, 0.6) is 23.0 Å². The number of carboxylic acid groups (broad SMARTS) is 2. The molecule has 1 spiro atoms. The topological polar surface area (TPSA) is 163 Å². The van der Waals surface area contributed by atoms with Crippen LogP contribution in [-0.2, 0) is 19.9 Å². The first-order chi connectivity index (χ1) is 16.7. The standard InChI is InChI=1S/C25H19NO9/c27-12-4-6-15-19(8-12)34-20-9-13(28)5-7-16(20)25(15)17-3-1-2-14(23(17)24(33)35-25)18(10-21(29)30)26-11-22(31)32/h1-9,18,26-28H,10-11H2,(H,29,30)(H,31,32). The van der Waals surface area contributed by atoms with Crippen LogP contribution in [0.4, 0.5) is 0 Å². The van der Waals surface area contributed by atoms with Gasteiger partial charge in [-0.25, -0.2) is 4.79 Å². The van der Waals surface area contributed by atoms with Gasteiger partial charge in [-0.15, -0.1) is 0 Å². The average Bonchev–Trinajstić information content (AvgIpc) is 3.09. The van der Waals surface area contributed by atoms with Crippen molar-refractivity contribution < 1.29 is 44.3 Å². The van der Waals surface area contributed by atoms with Crippen LogP contribution in [0.15, 0.2) is 54.6 Å². The number of benzene rings is 3. The zero-order valence-electron chi connectivity index (χ0n) is 18.0. The van der Waals surface area contributed by atoms with Crippen molar-refractivity contribution in [3.63, 3.8) is 0 Å². The third-order valence-corrected chi connectivity index (χ3v) is 6.09. The highest BCUT2D eigenvalue weighted by atomic mass is 16.6. The summed E-state index contributed by atoms with van der Waals surface area (Å²) in [6.45, 7) is -0.514. The molecule has 2 heterocycles. The minimum atomic E-state index is -1.51. The minimum absolute atomic E-state index is 0.0832. The quantitative estimate of drug-likeness (QED) is 0.334. The third kappa shape index (κ3) is 3.51. The molecule has 1 unspecified atom stereocenters. The van der Waals surface area contributed by atoms with Crippen LogP contribution >= 0.6 is 0 Å². The van der Waals surface area contributed by atoms with Gasteiger partial charge in [-0.2, -0.15) is 0 Å². The Hall–Kier alpha value is -4.57. The lowest BCUT2D eigenvalue weighted by molar-refractivity contribution is -0.139. The van der Waals surface area contributed by atoms with Gasteiger partial charge in [0.1, 0.15) is 23.0 Å². The van der Waals surface area contributed by atoms with Gasteiger partial charge < -0.3 is 29.9 Å². The molecule has 0 amide bonds. The summed E-state index contributed by atoms with van der Waals surface area (Å²) in [4.78, 5) is 36.1. The van der Waals surface area contributed by atoms with Crippen LogP contribution in [0.3, 0.4) is 0 Å². The second kappa shape index (κ2) is 8.03. The largest absolute Gasteiger partial charge is 0.508 e. The first-order valence-electron chi connectivity index (χ1n) is 10.6. The SMILES string of the molecule is O=C(O)CNC(CC(=O)O)c1cccc2c1C(=O)OC21c2ccc(O)cc2Oc2cc(O)ccc21. The molecule has 2 aliphatic rings. The van der Waals surface area contributed by atoms with E-state index in [-0.39, 0.29) is 34.1 Å². The van der Waals surface area contributed by atoms with Gasteiger partial charge >= 0.3 is 17.9 Å². The molecule has 0 radical (unpaired) electrons. The van der Waals surface area contributed by atoms with E-state index < -0.39 is 42.5 Å². The highest BCUT2D eigenvalue weighted by Gasteiger charge is 2.54. The Labute approximate surface area is 198 Å². The highest BCUT2D eigenvalue weighted by molar-refractivity contribution is 5.99. The van der Waals surface area contributed by atoms with Crippen LogP contribution in [0.2, 0.25) is 0 Å². The number of carboxylic acids is 2. The van der Waals surface area contributed by atoms with Crippen molar-refractivity contribution in [2.75, 3.05) is 6.54 Å². The Morgan fingerprint density at radius 2 is 1.51 bits per heavy atom. The summed E-state index contributed by atoms with van der Waals surface area (Å²) in [7, 11) is 0. The molecular formula is C25H19NO9. The molecule has 0 aromatic heterocycles. The summed E-state index contributed by atoms with van der Waals surface area (Å²) in [6.07, 6.45) is -0.470. The lowest BCUT2D eigenvalue weighted by Gasteiger charge is -2.36. The number of phenolic OH excluding ortho intramolecular Hbond substituents is 2. The smallest absolute Gasteiger partial charge is 0.340 e. The Morgan fingerprint density at radius 3 is 2.09 bits per heavy atom. The number of carbonyl (C=O) groups is 3. The maximum atomic E-state index is 13.4. The van der Waals surface area contributed by atoms with Crippen molar-refractivity contribution in [2.45, 2.75) is 18.1 Å². The molecule has 10 nitrogen and oxygen atoms in total. The predicted octanol–water partition coefficient (Wildman–Crippen LogP) is 2.86. The van der Waals surface area contributed by atoms with Gasteiger partial charge in [0.15, 0.2) is 5.60 Å². The molecule has 3 aromatic rings. The second-order valence-electron chi connectivity index (χ2n) is 8.23. The number of esters is 1. The molecule has 0 fully saturated rings. The molecule has 0 saturated heterocycles. The molecule has 5 rings (SSSR count). The van der Waals surface area contributed by atoms with Crippen molar-refractivity contribution in [3.8, 4) is 23.0 Å². The van der Waals surface area contributed by atoms with Gasteiger partial charge in [0.25, 0.3) is 0 Å². The van der Waals surface area contributed by atoms with E-state index in [4.69, 9.17) is 14.6 Å². The summed E-state index contributed by atoms with van der Waals surface area (Å²) in [6, 6.07) is 12.6. The maximum absolute atomic E-state index is 13.4. The first-order valence-corrected chi connectivity index (χ1v) is 10.6. The van der Waals surface area contributed by atoms with Gasteiger partial charge in [-0.1, -0.05) is 18.2 Å². The van der Waals surface area contributed by atoms with Crippen molar-refractivity contribution in [1.82, 2.24) is 5.32 Å². The summed E-state index contributed by atoms with van der Waals surface area (Å²) in [5.41, 5.74) is 0.122. The molecule has 0 saturated carbocycles. The first kappa shape index (κ1) is 22.2. The van der Waals surface area contributed by atoms with Crippen LogP contribution in [0.25, 0.3) is 0 Å². The lowest BCUT2D eigenvalue weighted by Crippen LogP contribution is -2.33. The molecular weight excluding hydrogens is 458 g/mol. The molecule has 5 N–H and O–H groups in total. The zero-order chi connectivity index (χ0) is 24.9. The second-order valence-corrected chi connectivity index (χ2v) is 8.23. The van der Waals surface area contributed by atoms with Gasteiger partial charge in [0, 0.05) is 34.9 Å². The average molecular weight is 477 g/mol. The number of phenols is 2. The Balaban J connectivity index is 1.76. The van der Waals surface area contributed by atoms with E-state index in [1.807, 2.05) is 0 Å². The van der Waals surface area contributed by atoms with E-state index in [9.17, 15) is 29.7 Å². The van der Waals surface area contributed by atoms with E-state index in [2.05, 4.69) is 5.32 Å². The van der Waals surface area contributed by atoms with Gasteiger partial charge in [0.05, 0.1) is 18.5 Å². The number of nitrogens with one attached hydrogen (secondary N) is 1. The molecule has 2 aliphatic heterocycles. The summed E-state index contributed by atoms with van der Waals surface area (Å²) >= 11 is 0. The number of hydrogen-bond acceptors (Lipinski definition) is 8. The van der Waals surface area contributed by atoms with E-state index in [1.165, 1.54) is 24.3 Å². The monoisotopic (exact) mass is 477 g/mol. The molecule has 1 atom stereocenters. The van der Waals surface area contributed by atoms with Crippen molar-refractivity contribution in [1.29, 1.82) is 0 Å². The molecule has 3 aromatic carbocycles. The van der Waals surface area contributed by atoms with E-state index in [1.54, 1.807) is 30.3 Å². The number of carbonyl (C=O) groups excluding carboxylic acids is 1. The molecule has 35 heavy (non-hydrogen) atoms. The molecule has 0 bridgehead atoms. The van der Waals surface area contributed by atoms with Gasteiger partial charge in [-0.05, 0) is 29.8 Å². The fourth-order valence-corrected chi connectivity index (χ4v) is 4.74. The number of aliphatic carboxylic acids is 2. The van der Waals surface area contributed by atoms with Gasteiger partial charge in [-0.3, -0.25) is 14.9 Å². The highest BCUT2D eigenvalue weighted by Crippen LogP contribution is 2.57. The molecule has 0 aliphatic carbocycles. The Morgan fingerprint density at radius 1 is 0.886 bits per heavy atom.